The van der Waals surface area contributed by atoms with Crippen LogP contribution in [0.25, 0.3) is 22.4 Å². The molecule has 3 rings (SSSR count). The molecule has 2 aromatic heterocycles. The second-order valence-electron chi connectivity index (χ2n) is 6.61. The van der Waals surface area contributed by atoms with E-state index in [1.54, 1.807) is 30.3 Å². The van der Waals surface area contributed by atoms with Crippen molar-refractivity contribution in [2.75, 3.05) is 6.26 Å². The minimum Gasteiger partial charge on any atom is -0.364 e. The van der Waals surface area contributed by atoms with Gasteiger partial charge in [0.2, 0.25) is 0 Å². The van der Waals surface area contributed by atoms with Gasteiger partial charge in [-0.05, 0) is 12.0 Å². The van der Waals surface area contributed by atoms with Gasteiger partial charge in [-0.3, -0.25) is 14.8 Å². The molecule has 1 unspecified atom stereocenters. The third-order valence-corrected chi connectivity index (χ3v) is 6.04. The molecule has 0 spiro atoms. The number of nitrogens with zero attached hydrogens (tertiary/aromatic N) is 2. The zero-order valence-electron chi connectivity index (χ0n) is 15.8. The molecule has 1 aromatic carbocycles. The Balaban J connectivity index is 1.83. The highest BCUT2D eigenvalue weighted by Gasteiger charge is 2.28. The van der Waals surface area contributed by atoms with E-state index in [4.69, 9.17) is 9.73 Å². The number of hydroxylamine groups is 1. The van der Waals surface area contributed by atoms with Gasteiger partial charge in [-0.25, -0.2) is 18.3 Å². The van der Waals surface area contributed by atoms with Crippen molar-refractivity contribution in [3.05, 3.63) is 65.0 Å². The van der Waals surface area contributed by atoms with E-state index in [0.717, 1.165) is 28.6 Å². The number of sulfone groups is 1. The maximum atomic E-state index is 14.6. The van der Waals surface area contributed by atoms with Gasteiger partial charge in [-0.15, -0.1) is 0 Å². The normalized spacial score (nSPS) is 12.5. The summed E-state index contributed by atoms with van der Waals surface area (Å²) >= 11 is 0. The monoisotopic (exact) mass is 435 g/mol. The number of hydrogen-bond acceptors (Lipinski definition) is 7. The largest absolute Gasteiger partial charge is 0.364 e. The third-order valence-electron chi connectivity index (χ3n) is 4.56. The van der Waals surface area contributed by atoms with Crippen LogP contribution in [-0.4, -0.2) is 40.8 Å². The van der Waals surface area contributed by atoms with Gasteiger partial charge in [-0.2, -0.15) is 0 Å². The standard InChI is InChI=1S/C19H18FN3O6S/c1-30(27,28)17(19(25)21-26)6-8-23-11-15(20)14(10-18(23)24)12-2-4-13(5-3-12)16-7-9-29-22-16/h2-5,7,9-11,17,26H,6,8H2,1H3,(H,21,25). The highest BCUT2D eigenvalue weighted by Crippen LogP contribution is 2.25. The summed E-state index contributed by atoms with van der Waals surface area (Å²) in [5.41, 5.74) is 2.65. The lowest BCUT2D eigenvalue weighted by Crippen LogP contribution is -2.39. The molecule has 1 amide bonds. The van der Waals surface area contributed by atoms with Crippen LogP contribution in [0.5, 0.6) is 0 Å². The lowest BCUT2D eigenvalue weighted by atomic mass is 10.0. The van der Waals surface area contributed by atoms with Crippen LogP contribution in [0.2, 0.25) is 0 Å². The Morgan fingerprint density at radius 1 is 1.27 bits per heavy atom. The minimum atomic E-state index is -3.84. The molecule has 9 nitrogen and oxygen atoms in total. The average Bonchev–Trinajstić information content (AvgIpc) is 3.24. The lowest BCUT2D eigenvalue weighted by molar-refractivity contribution is -0.128. The fourth-order valence-electron chi connectivity index (χ4n) is 2.99. The first-order chi connectivity index (χ1) is 14.2. The first kappa shape index (κ1) is 21.4. The Labute approximate surface area is 170 Å². The van der Waals surface area contributed by atoms with Crippen LogP contribution in [0.4, 0.5) is 4.39 Å². The van der Waals surface area contributed by atoms with Gasteiger partial charge >= 0.3 is 0 Å². The van der Waals surface area contributed by atoms with Crippen LogP contribution in [-0.2, 0) is 21.2 Å². The average molecular weight is 435 g/mol. The van der Waals surface area contributed by atoms with E-state index >= 15 is 0 Å². The molecule has 0 bridgehead atoms. The van der Waals surface area contributed by atoms with Crippen LogP contribution in [0.1, 0.15) is 6.42 Å². The minimum absolute atomic E-state index is 0.0794. The van der Waals surface area contributed by atoms with E-state index < -0.39 is 32.4 Å². The Morgan fingerprint density at radius 2 is 1.93 bits per heavy atom. The van der Waals surface area contributed by atoms with E-state index in [9.17, 15) is 22.4 Å². The number of aryl methyl sites for hydroxylation is 1. The van der Waals surface area contributed by atoms with E-state index in [0.29, 0.717) is 11.3 Å². The van der Waals surface area contributed by atoms with Crippen molar-refractivity contribution in [2.24, 2.45) is 0 Å². The van der Waals surface area contributed by atoms with Crippen molar-refractivity contribution < 1.29 is 27.3 Å². The number of rotatable bonds is 7. The van der Waals surface area contributed by atoms with E-state index in [-0.39, 0.29) is 18.5 Å². The van der Waals surface area contributed by atoms with E-state index in [1.165, 1.54) is 11.7 Å². The number of halogens is 1. The first-order valence-corrected chi connectivity index (χ1v) is 10.7. The number of nitrogens with one attached hydrogen (secondary N) is 1. The molecular weight excluding hydrogens is 417 g/mol. The number of pyridine rings is 1. The number of amides is 1. The number of benzene rings is 1. The highest BCUT2D eigenvalue weighted by molar-refractivity contribution is 7.92. The third kappa shape index (κ3) is 4.63. The summed E-state index contributed by atoms with van der Waals surface area (Å²) in [5, 5.41) is 11.0. The van der Waals surface area contributed by atoms with Gasteiger partial charge in [0.15, 0.2) is 9.84 Å². The van der Waals surface area contributed by atoms with Gasteiger partial charge in [0, 0.05) is 42.3 Å². The maximum absolute atomic E-state index is 14.6. The Hall–Kier alpha value is -3.31. The molecule has 11 heteroatoms. The molecule has 30 heavy (non-hydrogen) atoms. The SMILES string of the molecule is CS(=O)(=O)C(CCn1cc(F)c(-c2ccc(-c3ccon3)cc2)cc1=O)C(=O)NO. The fraction of sp³-hybridized carbons (Fsp3) is 0.211. The van der Waals surface area contributed by atoms with Crippen LogP contribution < -0.4 is 11.0 Å². The number of hydrogen-bond donors (Lipinski definition) is 2. The molecule has 0 radical (unpaired) electrons. The Kier molecular flexibility index (Phi) is 6.13. The molecule has 3 aromatic rings. The summed E-state index contributed by atoms with van der Waals surface area (Å²) in [6.07, 6.45) is 2.92. The zero-order valence-corrected chi connectivity index (χ0v) is 16.6. The molecule has 0 fully saturated rings. The van der Waals surface area contributed by atoms with Gasteiger partial charge < -0.3 is 9.09 Å². The molecule has 0 aliphatic heterocycles. The van der Waals surface area contributed by atoms with Crippen LogP contribution in [0.3, 0.4) is 0 Å². The summed E-state index contributed by atoms with van der Waals surface area (Å²) in [5.74, 6) is -1.80. The summed E-state index contributed by atoms with van der Waals surface area (Å²) < 4.78 is 43.8. The second-order valence-corrected chi connectivity index (χ2v) is 8.84. The van der Waals surface area contributed by atoms with Gasteiger partial charge in [0.1, 0.15) is 23.0 Å². The Morgan fingerprint density at radius 3 is 2.50 bits per heavy atom. The maximum Gasteiger partial charge on any atom is 0.261 e. The van der Waals surface area contributed by atoms with Crippen molar-refractivity contribution >= 4 is 15.7 Å². The first-order valence-electron chi connectivity index (χ1n) is 8.74. The smallest absolute Gasteiger partial charge is 0.261 e. The van der Waals surface area contributed by atoms with Crippen molar-refractivity contribution in [1.29, 1.82) is 0 Å². The molecular formula is C19H18FN3O6S. The molecule has 0 aliphatic rings. The number of carbonyl (C=O) groups is 1. The highest BCUT2D eigenvalue weighted by atomic mass is 32.2. The summed E-state index contributed by atoms with van der Waals surface area (Å²) in [6, 6.07) is 9.47. The van der Waals surface area contributed by atoms with Gasteiger partial charge in [-0.1, -0.05) is 29.4 Å². The van der Waals surface area contributed by atoms with Gasteiger partial charge in [0.25, 0.3) is 11.5 Å². The van der Waals surface area contributed by atoms with E-state index in [2.05, 4.69) is 5.16 Å². The summed E-state index contributed by atoms with van der Waals surface area (Å²) in [6.45, 7) is -0.230. The lowest BCUT2D eigenvalue weighted by Gasteiger charge is -2.14. The van der Waals surface area contributed by atoms with Crippen molar-refractivity contribution in [2.45, 2.75) is 18.2 Å². The van der Waals surface area contributed by atoms with Crippen molar-refractivity contribution in [1.82, 2.24) is 15.2 Å². The molecule has 0 saturated heterocycles. The fourth-order valence-corrected chi connectivity index (χ4v) is 3.97. The van der Waals surface area contributed by atoms with Crippen LogP contribution >= 0.6 is 0 Å². The molecule has 1 atom stereocenters. The molecule has 158 valence electrons. The number of carbonyl (C=O) groups excluding carboxylic acids is 1. The van der Waals surface area contributed by atoms with Crippen LogP contribution in [0.15, 0.2) is 58.2 Å². The van der Waals surface area contributed by atoms with Crippen LogP contribution in [0, 0.1) is 5.82 Å². The summed E-state index contributed by atoms with van der Waals surface area (Å²) in [7, 11) is -3.84. The summed E-state index contributed by atoms with van der Waals surface area (Å²) in [4.78, 5) is 24.0. The Bertz CT molecular complexity index is 1200. The van der Waals surface area contributed by atoms with Crippen molar-refractivity contribution in [3.8, 4) is 22.4 Å². The molecule has 2 N–H and O–H groups in total. The van der Waals surface area contributed by atoms with Crippen molar-refractivity contribution in [3.63, 3.8) is 0 Å². The predicted molar refractivity (Wildman–Crippen MR) is 105 cm³/mol. The van der Waals surface area contributed by atoms with E-state index in [1.807, 2.05) is 0 Å². The predicted octanol–water partition coefficient (Wildman–Crippen LogP) is 1.62. The zero-order chi connectivity index (χ0) is 21.9. The molecule has 0 saturated carbocycles. The second kappa shape index (κ2) is 8.59. The number of aromatic nitrogens is 2. The molecule has 0 aliphatic carbocycles. The molecule has 2 heterocycles. The quantitative estimate of drug-likeness (QED) is 0.426. The van der Waals surface area contributed by atoms with Gasteiger partial charge in [0.05, 0.1) is 0 Å². The topological polar surface area (TPSA) is 131 Å².